The molecular formula is C8H13F2NO2. The summed E-state index contributed by atoms with van der Waals surface area (Å²) in [6, 6.07) is 0. The van der Waals surface area contributed by atoms with Crippen molar-refractivity contribution < 1.29 is 18.7 Å². The third kappa shape index (κ3) is 3.67. The van der Waals surface area contributed by atoms with Crippen LogP contribution in [0.5, 0.6) is 0 Å². The van der Waals surface area contributed by atoms with E-state index in [1.54, 1.807) is 4.90 Å². The normalized spacial score (nSPS) is 24.1. The summed E-state index contributed by atoms with van der Waals surface area (Å²) < 4.78 is 23.8. The molecule has 13 heavy (non-hydrogen) atoms. The fourth-order valence-electron chi connectivity index (χ4n) is 1.69. The molecule has 0 aromatic heterocycles. The molecule has 0 bridgehead atoms. The third-order valence-electron chi connectivity index (χ3n) is 2.23. The molecule has 1 unspecified atom stereocenters. The average molecular weight is 193 g/mol. The van der Waals surface area contributed by atoms with Crippen LogP contribution >= 0.6 is 0 Å². The Morgan fingerprint density at radius 1 is 1.62 bits per heavy atom. The minimum atomic E-state index is -2.32. The number of hydrogen-bond acceptors (Lipinski definition) is 2. The van der Waals surface area contributed by atoms with E-state index in [1.165, 1.54) is 0 Å². The number of alkyl halides is 2. The highest BCUT2D eigenvalue weighted by Crippen LogP contribution is 2.19. The van der Waals surface area contributed by atoms with Crippen molar-refractivity contribution in [1.82, 2.24) is 4.90 Å². The standard InChI is InChI=1S/C8H13F2NO2/c9-7(10)5-11-2-1-6(4-11)3-8(12)13/h6-7H,1-5H2,(H,12,13). The lowest BCUT2D eigenvalue weighted by Gasteiger charge is -2.14. The van der Waals surface area contributed by atoms with E-state index in [0.717, 1.165) is 6.42 Å². The van der Waals surface area contributed by atoms with Crippen LogP contribution in [-0.4, -0.2) is 42.0 Å². The Labute approximate surface area is 75.3 Å². The number of nitrogens with zero attached hydrogens (tertiary/aromatic N) is 1. The van der Waals surface area contributed by atoms with Gasteiger partial charge in [0.15, 0.2) is 0 Å². The van der Waals surface area contributed by atoms with Gasteiger partial charge in [-0.1, -0.05) is 0 Å². The van der Waals surface area contributed by atoms with E-state index in [0.29, 0.717) is 13.1 Å². The van der Waals surface area contributed by atoms with Gasteiger partial charge in [0.05, 0.1) is 6.54 Å². The van der Waals surface area contributed by atoms with Crippen LogP contribution in [0.1, 0.15) is 12.8 Å². The van der Waals surface area contributed by atoms with Crippen molar-refractivity contribution in [2.75, 3.05) is 19.6 Å². The van der Waals surface area contributed by atoms with E-state index in [-0.39, 0.29) is 18.9 Å². The molecule has 1 atom stereocenters. The minimum Gasteiger partial charge on any atom is -0.481 e. The van der Waals surface area contributed by atoms with Gasteiger partial charge in [-0.25, -0.2) is 8.78 Å². The van der Waals surface area contributed by atoms with Gasteiger partial charge >= 0.3 is 5.97 Å². The van der Waals surface area contributed by atoms with Crippen molar-refractivity contribution in [1.29, 1.82) is 0 Å². The average Bonchev–Trinajstić information content (AvgIpc) is 2.33. The second kappa shape index (κ2) is 4.50. The number of carboxylic acid groups (broad SMARTS) is 1. The Morgan fingerprint density at radius 2 is 2.31 bits per heavy atom. The highest BCUT2D eigenvalue weighted by molar-refractivity contribution is 5.67. The summed E-state index contributed by atoms with van der Waals surface area (Å²) >= 11 is 0. The predicted molar refractivity (Wildman–Crippen MR) is 42.8 cm³/mol. The van der Waals surface area contributed by atoms with Gasteiger partial charge in [-0.15, -0.1) is 0 Å². The largest absolute Gasteiger partial charge is 0.481 e. The highest BCUT2D eigenvalue weighted by atomic mass is 19.3. The van der Waals surface area contributed by atoms with E-state index < -0.39 is 12.4 Å². The van der Waals surface area contributed by atoms with Gasteiger partial charge in [0.2, 0.25) is 0 Å². The molecule has 1 fully saturated rings. The van der Waals surface area contributed by atoms with E-state index in [4.69, 9.17) is 5.11 Å². The van der Waals surface area contributed by atoms with Crippen LogP contribution in [0, 0.1) is 5.92 Å². The predicted octanol–water partition coefficient (Wildman–Crippen LogP) is 1.05. The Morgan fingerprint density at radius 3 is 2.85 bits per heavy atom. The lowest BCUT2D eigenvalue weighted by molar-refractivity contribution is -0.138. The fraction of sp³-hybridized carbons (Fsp3) is 0.875. The van der Waals surface area contributed by atoms with Crippen molar-refractivity contribution in [3.05, 3.63) is 0 Å². The Balaban J connectivity index is 2.24. The van der Waals surface area contributed by atoms with Crippen LogP contribution in [0.2, 0.25) is 0 Å². The number of aliphatic carboxylic acids is 1. The van der Waals surface area contributed by atoms with Crippen LogP contribution in [-0.2, 0) is 4.79 Å². The summed E-state index contributed by atoms with van der Waals surface area (Å²) in [4.78, 5) is 11.9. The number of rotatable bonds is 4. The molecule has 0 aromatic rings. The molecule has 0 saturated carbocycles. The molecule has 1 N–H and O–H groups in total. The van der Waals surface area contributed by atoms with Gasteiger partial charge in [0.1, 0.15) is 0 Å². The maximum Gasteiger partial charge on any atom is 0.303 e. The lowest BCUT2D eigenvalue weighted by atomic mass is 10.1. The summed E-state index contributed by atoms with van der Waals surface area (Å²) in [5.41, 5.74) is 0. The SMILES string of the molecule is O=C(O)CC1CCN(CC(F)F)C1. The molecule has 3 nitrogen and oxygen atoms in total. The second-order valence-electron chi connectivity index (χ2n) is 3.40. The zero-order valence-electron chi connectivity index (χ0n) is 7.25. The maximum atomic E-state index is 11.9. The summed E-state index contributed by atoms with van der Waals surface area (Å²) in [5.74, 6) is -0.792. The van der Waals surface area contributed by atoms with Crippen LogP contribution < -0.4 is 0 Å². The molecule has 0 aromatic carbocycles. The van der Waals surface area contributed by atoms with Crippen molar-refractivity contribution >= 4 is 5.97 Å². The smallest absolute Gasteiger partial charge is 0.303 e. The molecule has 0 aliphatic carbocycles. The van der Waals surface area contributed by atoms with Crippen molar-refractivity contribution in [3.8, 4) is 0 Å². The number of likely N-dealkylation sites (tertiary alicyclic amines) is 1. The monoisotopic (exact) mass is 193 g/mol. The first-order valence-electron chi connectivity index (χ1n) is 4.30. The minimum absolute atomic E-state index is 0.0521. The molecular weight excluding hydrogens is 180 g/mol. The molecule has 0 radical (unpaired) electrons. The number of hydrogen-bond donors (Lipinski definition) is 1. The van der Waals surface area contributed by atoms with Gasteiger partial charge in [0, 0.05) is 13.0 Å². The maximum absolute atomic E-state index is 11.9. The van der Waals surface area contributed by atoms with Crippen molar-refractivity contribution in [2.24, 2.45) is 5.92 Å². The summed E-state index contributed by atoms with van der Waals surface area (Å²) in [5, 5.41) is 8.48. The first kappa shape index (κ1) is 10.4. The van der Waals surface area contributed by atoms with Gasteiger partial charge < -0.3 is 5.11 Å². The van der Waals surface area contributed by atoms with Crippen LogP contribution in [0.25, 0.3) is 0 Å². The highest BCUT2D eigenvalue weighted by Gasteiger charge is 2.25. The van der Waals surface area contributed by atoms with E-state index in [2.05, 4.69) is 0 Å². The molecule has 5 heteroatoms. The molecule has 1 aliphatic heterocycles. The molecule has 1 rings (SSSR count). The van der Waals surface area contributed by atoms with Gasteiger partial charge in [-0.3, -0.25) is 9.69 Å². The zero-order valence-corrected chi connectivity index (χ0v) is 7.25. The van der Waals surface area contributed by atoms with Crippen LogP contribution in [0.15, 0.2) is 0 Å². The third-order valence-corrected chi connectivity index (χ3v) is 2.23. The zero-order chi connectivity index (χ0) is 9.84. The molecule has 1 saturated heterocycles. The fourth-order valence-corrected chi connectivity index (χ4v) is 1.69. The summed E-state index contributed by atoms with van der Waals surface area (Å²) in [6.07, 6.45) is -1.50. The second-order valence-corrected chi connectivity index (χ2v) is 3.40. The molecule has 1 aliphatic rings. The number of carboxylic acids is 1. The Bertz CT molecular complexity index is 187. The first-order valence-corrected chi connectivity index (χ1v) is 4.30. The number of carbonyl (C=O) groups is 1. The van der Waals surface area contributed by atoms with Gasteiger partial charge in [-0.2, -0.15) is 0 Å². The number of halogens is 2. The van der Waals surface area contributed by atoms with Gasteiger partial charge in [0.25, 0.3) is 6.43 Å². The van der Waals surface area contributed by atoms with Crippen LogP contribution in [0.3, 0.4) is 0 Å². The molecule has 1 heterocycles. The lowest BCUT2D eigenvalue weighted by Crippen LogP contribution is -2.26. The summed E-state index contributed by atoms with van der Waals surface area (Å²) in [6.45, 7) is 0.870. The van der Waals surface area contributed by atoms with Crippen molar-refractivity contribution in [3.63, 3.8) is 0 Å². The first-order chi connectivity index (χ1) is 6.08. The Kier molecular flexibility index (Phi) is 3.59. The molecule has 0 spiro atoms. The Hall–Kier alpha value is -0.710. The van der Waals surface area contributed by atoms with Crippen molar-refractivity contribution in [2.45, 2.75) is 19.3 Å². The topological polar surface area (TPSA) is 40.5 Å². The quantitative estimate of drug-likeness (QED) is 0.725. The van der Waals surface area contributed by atoms with Crippen LogP contribution in [0.4, 0.5) is 8.78 Å². The summed E-state index contributed by atoms with van der Waals surface area (Å²) in [7, 11) is 0. The van der Waals surface area contributed by atoms with E-state index in [9.17, 15) is 13.6 Å². The van der Waals surface area contributed by atoms with E-state index >= 15 is 0 Å². The molecule has 0 amide bonds. The van der Waals surface area contributed by atoms with Gasteiger partial charge in [-0.05, 0) is 18.9 Å². The van der Waals surface area contributed by atoms with E-state index in [1.807, 2.05) is 0 Å². The molecule has 76 valence electrons.